The van der Waals surface area contributed by atoms with Gasteiger partial charge in [-0.15, -0.1) is 0 Å². The molecular formula is C10H15NO2. The second-order valence-corrected chi connectivity index (χ2v) is 3.04. The van der Waals surface area contributed by atoms with Gasteiger partial charge >= 0.3 is 0 Å². The summed E-state index contributed by atoms with van der Waals surface area (Å²) in [6.45, 7) is 5.35. The molecule has 3 nitrogen and oxygen atoms in total. The molecule has 0 aliphatic carbocycles. The molecule has 0 radical (unpaired) electrons. The molecule has 13 heavy (non-hydrogen) atoms. The third-order valence-electron chi connectivity index (χ3n) is 2.09. The summed E-state index contributed by atoms with van der Waals surface area (Å²) >= 11 is 0. The Labute approximate surface area is 78.7 Å². The lowest BCUT2D eigenvalue weighted by Gasteiger charge is -2.11. The Bertz CT molecular complexity index is 227. The average molecular weight is 181 g/mol. The summed E-state index contributed by atoms with van der Waals surface area (Å²) in [5, 5.41) is 0. The van der Waals surface area contributed by atoms with Crippen LogP contribution in [0.15, 0.2) is 24.5 Å². The molecule has 0 saturated carbocycles. The number of carbonyl (C=O) groups is 1. The Kier molecular flexibility index (Phi) is 3.55. The fraction of sp³-hybridized carbons (Fsp3) is 0.500. The number of carbonyl (C=O) groups excluding carboxylic acids is 1. The smallest absolute Gasteiger partial charge is 0.246 e. The quantitative estimate of drug-likeness (QED) is 0.373. The van der Waals surface area contributed by atoms with E-state index in [2.05, 4.69) is 6.58 Å². The van der Waals surface area contributed by atoms with E-state index in [0.29, 0.717) is 5.76 Å². The lowest BCUT2D eigenvalue weighted by atomic mass is 10.4. The van der Waals surface area contributed by atoms with Crippen molar-refractivity contribution in [3.63, 3.8) is 0 Å². The number of hydrogen-bond acceptors (Lipinski definition) is 2. The van der Waals surface area contributed by atoms with Crippen LogP contribution in [0.5, 0.6) is 0 Å². The van der Waals surface area contributed by atoms with E-state index < -0.39 is 0 Å². The van der Waals surface area contributed by atoms with Crippen LogP contribution in [0.3, 0.4) is 0 Å². The Morgan fingerprint density at radius 2 is 2.00 bits per heavy atom. The van der Waals surface area contributed by atoms with Gasteiger partial charge in [0.15, 0.2) is 0 Å². The zero-order valence-electron chi connectivity index (χ0n) is 7.95. The fourth-order valence-corrected chi connectivity index (χ4v) is 1.28. The van der Waals surface area contributed by atoms with E-state index in [4.69, 9.17) is 4.74 Å². The summed E-state index contributed by atoms with van der Waals surface area (Å²) in [6, 6.07) is 0. The molecule has 1 aliphatic rings. The van der Waals surface area contributed by atoms with E-state index in [0.717, 1.165) is 25.9 Å². The Morgan fingerprint density at radius 3 is 2.54 bits per heavy atom. The maximum absolute atomic E-state index is 11.4. The lowest BCUT2D eigenvalue weighted by molar-refractivity contribution is -0.125. The first-order chi connectivity index (χ1) is 6.24. The van der Waals surface area contributed by atoms with Gasteiger partial charge in [-0.25, -0.2) is 0 Å². The van der Waals surface area contributed by atoms with Crippen molar-refractivity contribution in [3.8, 4) is 0 Å². The Balaban J connectivity index is 2.39. The number of nitrogens with zero attached hydrogens (tertiary/aromatic N) is 1. The van der Waals surface area contributed by atoms with Crippen molar-refractivity contribution in [2.45, 2.75) is 12.8 Å². The fourth-order valence-electron chi connectivity index (χ4n) is 1.28. The first-order valence-corrected chi connectivity index (χ1v) is 4.44. The molecule has 1 amide bonds. The molecule has 0 aromatic rings. The van der Waals surface area contributed by atoms with Gasteiger partial charge in [-0.2, -0.15) is 0 Å². The van der Waals surface area contributed by atoms with E-state index in [9.17, 15) is 4.79 Å². The van der Waals surface area contributed by atoms with Crippen molar-refractivity contribution < 1.29 is 9.53 Å². The van der Waals surface area contributed by atoms with E-state index in [1.165, 1.54) is 13.2 Å². The molecule has 72 valence electrons. The van der Waals surface area contributed by atoms with Crippen LogP contribution in [0.2, 0.25) is 0 Å². The molecule has 1 rings (SSSR count). The van der Waals surface area contributed by atoms with Gasteiger partial charge in [-0.3, -0.25) is 4.79 Å². The monoisotopic (exact) mass is 181 g/mol. The van der Waals surface area contributed by atoms with Gasteiger partial charge in [0.2, 0.25) is 5.91 Å². The second-order valence-electron chi connectivity index (χ2n) is 3.04. The normalized spacial score (nSPS) is 16.5. The van der Waals surface area contributed by atoms with Crippen molar-refractivity contribution in [2.75, 3.05) is 20.2 Å². The van der Waals surface area contributed by atoms with Gasteiger partial charge in [-0.05, 0) is 18.9 Å². The number of hydrogen-bond donors (Lipinski definition) is 0. The minimum atomic E-state index is 0.0516. The molecule has 0 aromatic heterocycles. The Morgan fingerprint density at radius 1 is 1.38 bits per heavy atom. The molecular weight excluding hydrogens is 166 g/mol. The largest absolute Gasteiger partial charge is 0.497 e. The SMILES string of the molecule is C=C(/C=C/C(=O)N1CCCC1)OC. The van der Waals surface area contributed by atoms with Crippen LogP contribution in [-0.4, -0.2) is 31.0 Å². The first kappa shape index (κ1) is 9.84. The third-order valence-corrected chi connectivity index (χ3v) is 2.09. The third kappa shape index (κ3) is 2.93. The number of allylic oxidation sites excluding steroid dienone is 1. The minimum Gasteiger partial charge on any atom is -0.497 e. The van der Waals surface area contributed by atoms with Crippen molar-refractivity contribution in [1.29, 1.82) is 0 Å². The number of rotatable bonds is 3. The van der Waals surface area contributed by atoms with Gasteiger partial charge in [0, 0.05) is 19.2 Å². The summed E-state index contributed by atoms with van der Waals surface area (Å²) in [6.07, 6.45) is 5.34. The molecule has 0 N–H and O–H groups in total. The Hall–Kier alpha value is -1.25. The van der Waals surface area contributed by atoms with E-state index >= 15 is 0 Å². The molecule has 1 fully saturated rings. The van der Waals surface area contributed by atoms with E-state index in [-0.39, 0.29) is 5.91 Å². The highest BCUT2D eigenvalue weighted by atomic mass is 16.5. The van der Waals surface area contributed by atoms with Crippen LogP contribution in [-0.2, 0) is 9.53 Å². The van der Waals surface area contributed by atoms with Gasteiger partial charge in [0.05, 0.1) is 7.11 Å². The molecule has 1 aliphatic heterocycles. The summed E-state index contributed by atoms with van der Waals surface area (Å²) in [5.41, 5.74) is 0. The van der Waals surface area contributed by atoms with Crippen molar-refractivity contribution in [1.82, 2.24) is 4.90 Å². The summed E-state index contributed by atoms with van der Waals surface area (Å²) in [4.78, 5) is 13.2. The van der Waals surface area contributed by atoms with Crippen LogP contribution >= 0.6 is 0 Å². The highest BCUT2D eigenvalue weighted by molar-refractivity contribution is 5.88. The standard InChI is InChI=1S/C10H15NO2/c1-9(13-2)5-6-10(12)11-7-3-4-8-11/h5-6H,1,3-4,7-8H2,2H3/b6-5+. The zero-order valence-corrected chi connectivity index (χ0v) is 7.95. The van der Waals surface area contributed by atoms with Crippen LogP contribution in [0.4, 0.5) is 0 Å². The number of amides is 1. The van der Waals surface area contributed by atoms with Gasteiger partial charge in [0.1, 0.15) is 5.76 Å². The van der Waals surface area contributed by atoms with Gasteiger partial charge in [-0.1, -0.05) is 6.58 Å². The molecule has 0 atom stereocenters. The van der Waals surface area contributed by atoms with Gasteiger partial charge in [0.25, 0.3) is 0 Å². The number of ether oxygens (including phenoxy) is 1. The molecule has 0 bridgehead atoms. The molecule has 0 unspecified atom stereocenters. The minimum absolute atomic E-state index is 0.0516. The predicted octanol–water partition coefficient (Wildman–Crippen LogP) is 1.33. The maximum Gasteiger partial charge on any atom is 0.246 e. The average Bonchev–Trinajstić information content (AvgIpc) is 2.66. The summed E-state index contributed by atoms with van der Waals surface area (Å²) in [7, 11) is 1.53. The first-order valence-electron chi connectivity index (χ1n) is 4.44. The van der Waals surface area contributed by atoms with Crippen LogP contribution in [0, 0.1) is 0 Å². The maximum atomic E-state index is 11.4. The topological polar surface area (TPSA) is 29.5 Å². The molecule has 0 aromatic carbocycles. The summed E-state index contributed by atoms with van der Waals surface area (Å²) < 4.78 is 4.81. The van der Waals surface area contributed by atoms with Gasteiger partial charge < -0.3 is 9.64 Å². The molecule has 0 spiro atoms. The molecule has 1 heterocycles. The van der Waals surface area contributed by atoms with Crippen molar-refractivity contribution in [2.24, 2.45) is 0 Å². The predicted molar refractivity (Wildman–Crippen MR) is 51.1 cm³/mol. The highest BCUT2D eigenvalue weighted by Gasteiger charge is 2.14. The van der Waals surface area contributed by atoms with E-state index in [1.54, 1.807) is 6.08 Å². The van der Waals surface area contributed by atoms with E-state index in [1.807, 2.05) is 4.90 Å². The lowest BCUT2D eigenvalue weighted by Crippen LogP contribution is -2.25. The number of methoxy groups -OCH3 is 1. The highest BCUT2D eigenvalue weighted by Crippen LogP contribution is 2.08. The number of likely N-dealkylation sites (tertiary alicyclic amines) is 1. The van der Waals surface area contributed by atoms with Crippen molar-refractivity contribution in [3.05, 3.63) is 24.5 Å². The zero-order chi connectivity index (χ0) is 9.68. The van der Waals surface area contributed by atoms with Crippen LogP contribution in [0.1, 0.15) is 12.8 Å². The van der Waals surface area contributed by atoms with Crippen LogP contribution < -0.4 is 0 Å². The van der Waals surface area contributed by atoms with Crippen LogP contribution in [0.25, 0.3) is 0 Å². The molecule has 3 heteroatoms. The summed E-state index contributed by atoms with van der Waals surface area (Å²) in [5.74, 6) is 0.559. The van der Waals surface area contributed by atoms with Crippen molar-refractivity contribution >= 4 is 5.91 Å². The molecule has 1 saturated heterocycles. The second kappa shape index (κ2) is 4.70.